The van der Waals surface area contributed by atoms with E-state index in [-0.39, 0.29) is 17.6 Å². The zero-order chi connectivity index (χ0) is 21.3. The average molecular weight is 413 g/mol. The molecule has 1 atom stereocenters. The van der Waals surface area contributed by atoms with E-state index in [1.54, 1.807) is 20.0 Å². The maximum atomic E-state index is 13.5. The molecule has 1 saturated heterocycles. The van der Waals surface area contributed by atoms with E-state index < -0.39 is 0 Å². The summed E-state index contributed by atoms with van der Waals surface area (Å²) in [5, 5.41) is 6.50. The number of halogens is 1. The van der Waals surface area contributed by atoms with E-state index in [2.05, 4.69) is 15.6 Å². The monoisotopic (exact) mass is 412 g/mol. The predicted molar refractivity (Wildman–Crippen MR) is 116 cm³/mol. The van der Waals surface area contributed by atoms with Crippen LogP contribution in [0.2, 0.25) is 0 Å². The molecule has 2 aromatic rings. The highest BCUT2D eigenvalue weighted by Crippen LogP contribution is 2.19. The Balaban J connectivity index is 1.64. The van der Waals surface area contributed by atoms with Crippen LogP contribution in [0.1, 0.15) is 22.6 Å². The highest BCUT2D eigenvalue weighted by Gasteiger charge is 2.27. The largest absolute Gasteiger partial charge is 0.378 e. The van der Waals surface area contributed by atoms with Crippen LogP contribution in [0.15, 0.2) is 53.5 Å². The van der Waals surface area contributed by atoms with Crippen LogP contribution in [0.4, 0.5) is 4.39 Å². The molecule has 1 amide bonds. The summed E-state index contributed by atoms with van der Waals surface area (Å²) in [6.45, 7) is 5.03. The van der Waals surface area contributed by atoms with Crippen molar-refractivity contribution < 1.29 is 13.9 Å². The predicted octanol–water partition coefficient (Wildman–Crippen LogP) is 2.44. The van der Waals surface area contributed by atoms with Crippen molar-refractivity contribution in [1.82, 2.24) is 15.5 Å². The zero-order valence-electron chi connectivity index (χ0n) is 17.5. The second kappa shape index (κ2) is 10.7. The van der Waals surface area contributed by atoms with Crippen LogP contribution in [0.3, 0.4) is 0 Å². The third-order valence-electron chi connectivity index (χ3n) is 5.20. The van der Waals surface area contributed by atoms with Crippen LogP contribution in [0, 0.1) is 12.7 Å². The van der Waals surface area contributed by atoms with Crippen molar-refractivity contribution in [2.24, 2.45) is 4.99 Å². The maximum absolute atomic E-state index is 13.5. The highest BCUT2D eigenvalue weighted by atomic mass is 19.1. The summed E-state index contributed by atoms with van der Waals surface area (Å²) < 4.78 is 18.8. The Kier molecular flexibility index (Phi) is 7.79. The first-order valence-electron chi connectivity index (χ1n) is 10.2. The van der Waals surface area contributed by atoms with Gasteiger partial charge in [0.05, 0.1) is 19.1 Å². The van der Waals surface area contributed by atoms with Crippen LogP contribution in [-0.2, 0) is 16.1 Å². The van der Waals surface area contributed by atoms with E-state index in [9.17, 15) is 9.18 Å². The SMILES string of the molecule is CN=C(NCc1ccc(F)c(C)c1)NCC(C(=O)N1CCOCC1)c1ccccc1. The number of morpholine rings is 1. The van der Waals surface area contributed by atoms with E-state index in [0.717, 1.165) is 11.1 Å². The van der Waals surface area contributed by atoms with E-state index in [1.807, 2.05) is 41.3 Å². The molecule has 2 aromatic carbocycles. The van der Waals surface area contributed by atoms with Gasteiger partial charge in [0.2, 0.25) is 5.91 Å². The van der Waals surface area contributed by atoms with Gasteiger partial charge in [-0.3, -0.25) is 9.79 Å². The van der Waals surface area contributed by atoms with Gasteiger partial charge in [-0.2, -0.15) is 0 Å². The summed E-state index contributed by atoms with van der Waals surface area (Å²) in [7, 11) is 1.69. The van der Waals surface area contributed by atoms with Crippen molar-refractivity contribution in [3.63, 3.8) is 0 Å². The summed E-state index contributed by atoms with van der Waals surface area (Å²) in [5.74, 6) is 0.138. The number of amides is 1. The number of nitrogens with one attached hydrogen (secondary N) is 2. The van der Waals surface area contributed by atoms with Crippen molar-refractivity contribution >= 4 is 11.9 Å². The van der Waals surface area contributed by atoms with Crippen LogP contribution >= 0.6 is 0 Å². The number of benzene rings is 2. The molecule has 0 bridgehead atoms. The van der Waals surface area contributed by atoms with Gasteiger partial charge in [0.1, 0.15) is 5.82 Å². The first kappa shape index (κ1) is 21.8. The van der Waals surface area contributed by atoms with Crippen molar-refractivity contribution in [3.05, 3.63) is 71.0 Å². The van der Waals surface area contributed by atoms with Crippen LogP contribution in [-0.4, -0.2) is 56.7 Å². The molecule has 7 heteroatoms. The summed E-state index contributed by atoms with van der Waals surface area (Å²) in [6.07, 6.45) is 0. The quantitative estimate of drug-likeness (QED) is 0.565. The van der Waals surface area contributed by atoms with Gasteiger partial charge in [-0.15, -0.1) is 0 Å². The molecule has 0 aliphatic carbocycles. The van der Waals surface area contributed by atoms with Crippen LogP contribution < -0.4 is 10.6 Å². The number of hydrogen-bond donors (Lipinski definition) is 2. The van der Waals surface area contributed by atoms with Crippen molar-refractivity contribution in [1.29, 1.82) is 0 Å². The molecular weight excluding hydrogens is 383 g/mol. The Labute approximate surface area is 177 Å². The van der Waals surface area contributed by atoms with Gasteiger partial charge in [-0.05, 0) is 29.7 Å². The Morgan fingerprint density at radius 3 is 2.57 bits per heavy atom. The lowest BCUT2D eigenvalue weighted by Crippen LogP contribution is -2.47. The van der Waals surface area contributed by atoms with E-state index in [0.29, 0.717) is 50.9 Å². The summed E-state index contributed by atoms with van der Waals surface area (Å²) in [4.78, 5) is 19.3. The van der Waals surface area contributed by atoms with Gasteiger partial charge in [0.25, 0.3) is 0 Å². The highest BCUT2D eigenvalue weighted by molar-refractivity contribution is 5.86. The van der Waals surface area contributed by atoms with Gasteiger partial charge in [0.15, 0.2) is 5.96 Å². The Hall–Kier alpha value is -2.93. The van der Waals surface area contributed by atoms with Gasteiger partial charge >= 0.3 is 0 Å². The molecule has 0 spiro atoms. The molecular formula is C23H29FN4O2. The first-order valence-corrected chi connectivity index (χ1v) is 10.2. The average Bonchev–Trinajstić information content (AvgIpc) is 2.79. The molecule has 1 aliphatic rings. The summed E-state index contributed by atoms with van der Waals surface area (Å²) in [6, 6.07) is 14.8. The fraction of sp³-hybridized carbons (Fsp3) is 0.391. The molecule has 30 heavy (non-hydrogen) atoms. The van der Waals surface area contributed by atoms with Crippen molar-refractivity contribution in [3.8, 4) is 0 Å². The third kappa shape index (κ3) is 5.79. The Bertz CT molecular complexity index is 867. The van der Waals surface area contributed by atoms with E-state index in [4.69, 9.17) is 4.74 Å². The normalized spacial score (nSPS) is 15.6. The minimum absolute atomic E-state index is 0.0848. The molecule has 0 radical (unpaired) electrons. The van der Waals surface area contributed by atoms with Gasteiger partial charge in [0, 0.05) is 33.2 Å². The lowest BCUT2D eigenvalue weighted by atomic mass is 9.97. The fourth-order valence-corrected chi connectivity index (χ4v) is 3.46. The number of carbonyl (C=O) groups excluding carboxylic acids is 1. The number of aryl methyl sites for hydroxylation is 1. The van der Waals surface area contributed by atoms with Gasteiger partial charge < -0.3 is 20.3 Å². The molecule has 1 aliphatic heterocycles. The lowest BCUT2D eigenvalue weighted by molar-refractivity contribution is -0.136. The Morgan fingerprint density at radius 2 is 1.90 bits per heavy atom. The zero-order valence-corrected chi connectivity index (χ0v) is 17.5. The van der Waals surface area contributed by atoms with E-state index >= 15 is 0 Å². The number of nitrogens with zero attached hydrogens (tertiary/aromatic N) is 2. The van der Waals surface area contributed by atoms with Crippen molar-refractivity contribution in [2.75, 3.05) is 39.9 Å². The summed E-state index contributed by atoms with van der Waals surface area (Å²) in [5.41, 5.74) is 2.53. The third-order valence-corrected chi connectivity index (χ3v) is 5.20. The first-order chi connectivity index (χ1) is 14.6. The van der Waals surface area contributed by atoms with Gasteiger partial charge in [-0.25, -0.2) is 4.39 Å². The van der Waals surface area contributed by atoms with Crippen LogP contribution in [0.25, 0.3) is 0 Å². The van der Waals surface area contributed by atoms with Crippen LogP contribution in [0.5, 0.6) is 0 Å². The smallest absolute Gasteiger partial charge is 0.232 e. The number of rotatable bonds is 6. The second-order valence-electron chi connectivity index (χ2n) is 7.29. The molecule has 1 unspecified atom stereocenters. The lowest BCUT2D eigenvalue weighted by Gasteiger charge is -2.31. The molecule has 0 aromatic heterocycles. The standard InChI is InChI=1S/C23H29FN4O2/c1-17-14-18(8-9-21(17)24)15-26-23(25-2)27-16-20(19-6-4-3-5-7-19)22(29)28-10-12-30-13-11-28/h3-9,14,20H,10-13,15-16H2,1-2H3,(H2,25,26,27). The van der Waals surface area contributed by atoms with E-state index in [1.165, 1.54) is 6.07 Å². The Morgan fingerprint density at radius 1 is 1.17 bits per heavy atom. The minimum Gasteiger partial charge on any atom is -0.378 e. The minimum atomic E-state index is -0.323. The molecule has 6 nitrogen and oxygen atoms in total. The molecule has 160 valence electrons. The fourth-order valence-electron chi connectivity index (χ4n) is 3.46. The molecule has 3 rings (SSSR count). The number of carbonyl (C=O) groups is 1. The number of aliphatic imine (C=N–C) groups is 1. The topological polar surface area (TPSA) is 66.0 Å². The molecule has 2 N–H and O–H groups in total. The number of hydrogen-bond acceptors (Lipinski definition) is 3. The number of ether oxygens (including phenoxy) is 1. The second-order valence-corrected chi connectivity index (χ2v) is 7.29. The molecule has 1 fully saturated rings. The molecule has 1 heterocycles. The van der Waals surface area contributed by atoms with Gasteiger partial charge in [-0.1, -0.05) is 42.5 Å². The maximum Gasteiger partial charge on any atom is 0.232 e. The van der Waals surface area contributed by atoms with Crippen molar-refractivity contribution in [2.45, 2.75) is 19.4 Å². The molecule has 0 saturated carbocycles. The number of guanidine groups is 1. The summed E-state index contributed by atoms with van der Waals surface area (Å²) >= 11 is 0.